The van der Waals surface area contributed by atoms with Gasteiger partial charge in [0, 0.05) is 0 Å². The van der Waals surface area contributed by atoms with Crippen LogP contribution in [0.15, 0.2) is 42.5 Å². The predicted octanol–water partition coefficient (Wildman–Crippen LogP) is 3.80. The van der Waals surface area contributed by atoms with E-state index in [4.69, 9.17) is 15.2 Å². The van der Waals surface area contributed by atoms with Gasteiger partial charge in [-0.15, -0.1) is 0 Å². The molecule has 0 unspecified atom stereocenters. The number of esters is 1. The Morgan fingerprint density at radius 2 is 1.81 bits per heavy atom. The van der Waals surface area contributed by atoms with Crippen molar-refractivity contribution in [1.82, 2.24) is 0 Å². The van der Waals surface area contributed by atoms with Gasteiger partial charge in [-0.3, -0.25) is 0 Å². The molecule has 2 aromatic carbocycles. The van der Waals surface area contributed by atoms with E-state index in [2.05, 4.69) is 6.92 Å². The van der Waals surface area contributed by atoms with Crippen molar-refractivity contribution in [2.45, 2.75) is 20.3 Å². The summed E-state index contributed by atoms with van der Waals surface area (Å²) >= 11 is 0. The zero-order valence-corrected chi connectivity index (χ0v) is 12.3. The number of nitrogens with two attached hydrogens (primary N) is 1. The van der Waals surface area contributed by atoms with Crippen LogP contribution in [0.2, 0.25) is 0 Å². The second-order valence-corrected chi connectivity index (χ2v) is 4.54. The van der Waals surface area contributed by atoms with Crippen molar-refractivity contribution in [2.75, 3.05) is 12.3 Å². The Morgan fingerprint density at radius 1 is 1.10 bits per heavy atom. The van der Waals surface area contributed by atoms with Gasteiger partial charge in [-0.25, -0.2) is 4.79 Å². The Bertz CT molecular complexity index is 620. The van der Waals surface area contributed by atoms with Gasteiger partial charge >= 0.3 is 5.97 Å². The summed E-state index contributed by atoms with van der Waals surface area (Å²) in [6, 6.07) is 12.7. The smallest absolute Gasteiger partial charge is 0.342 e. The molecule has 0 aliphatic carbocycles. The van der Waals surface area contributed by atoms with Gasteiger partial charge in [-0.2, -0.15) is 0 Å². The summed E-state index contributed by atoms with van der Waals surface area (Å²) in [7, 11) is 0. The number of hydrogen-bond acceptors (Lipinski definition) is 4. The molecule has 0 aromatic heterocycles. The molecule has 0 amide bonds. The van der Waals surface area contributed by atoms with Crippen LogP contribution in [0.4, 0.5) is 5.69 Å². The zero-order valence-electron chi connectivity index (χ0n) is 12.3. The van der Waals surface area contributed by atoms with Crippen LogP contribution in [0.3, 0.4) is 0 Å². The predicted molar refractivity (Wildman–Crippen MR) is 82.7 cm³/mol. The van der Waals surface area contributed by atoms with Gasteiger partial charge < -0.3 is 15.2 Å². The van der Waals surface area contributed by atoms with Gasteiger partial charge in [0.25, 0.3) is 0 Å². The summed E-state index contributed by atoms with van der Waals surface area (Å²) in [4.78, 5) is 12.0. The normalized spacial score (nSPS) is 10.2. The fourth-order valence-electron chi connectivity index (χ4n) is 1.95. The van der Waals surface area contributed by atoms with Crippen LogP contribution in [0, 0.1) is 0 Å². The Balaban J connectivity index is 2.31. The molecule has 2 N–H and O–H groups in total. The maximum atomic E-state index is 12.0. The van der Waals surface area contributed by atoms with Crippen molar-refractivity contribution >= 4 is 11.7 Å². The van der Waals surface area contributed by atoms with Crippen molar-refractivity contribution in [1.29, 1.82) is 0 Å². The number of ether oxygens (including phenoxy) is 2. The first-order valence-electron chi connectivity index (χ1n) is 6.98. The minimum atomic E-state index is -0.440. The lowest BCUT2D eigenvalue weighted by molar-refractivity contribution is 0.0523. The largest absolute Gasteiger partial charge is 0.462 e. The van der Waals surface area contributed by atoms with Crippen molar-refractivity contribution in [3.63, 3.8) is 0 Å². The fourth-order valence-corrected chi connectivity index (χ4v) is 1.95. The Kier molecular flexibility index (Phi) is 4.82. The van der Waals surface area contributed by atoms with Crippen molar-refractivity contribution in [2.24, 2.45) is 0 Å². The Morgan fingerprint density at radius 3 is 2.43 bits per heavy atom. The first-order valence-corrected chi connectivity index (χ1v) is 6.98. The third-order valence-corrected chi connectivity index (χ3v) is 3.09. The molecular formula is C17H19NO3. The van der Waals surface area contributed by atoms with Gasteiger partial charge in [0.15, 0.2) is 5.75 Å². The van der Waals surface area contributed by atoms with Crippen LogP contribution in [0.5, 0.6) is 11.5 Å². The van der Waals surface area contributed by atoms with Gasteiger partial charge in [-0.1, -0.05) is 25.1 Å². The standard InChI is InChI=1S/C17H19NO3/c1-3-12-8-10-13(11-9-12)21-16-14(17(19)20-4-2)6-5-7-15(16)18/h5-11H,3-4,18H2,1-2H3. The highest BCUT2D eigenvalue weighted by Gasteiger charge is 2.16. The first-order chi connectivity index (χ1) is 10.2. The fraction of sp³-hybridized carbons (Fsp3) is 0.235. The highest BCUT2D eigenvalue weighted by molar-refractivity contribution is 5.94. The summed E-state index contributed by atoms with van der Waals surface area (Å²) in [5, 5.41) is 0. The average Bonchev–Trinajstić information content (AvgIpc) is 2.50. The van der Waals surface area contributed by atoms with Crippen LogP contribution in [-0.4, -0.2) is 12.6 Å². The minimum absolute atomic E-state index is 0.304. The molecule has 0 atom stereocenters. The van der Waals surface area contributed by atoms with Crippen molar-refractivity contribution < 1.29 is 14.3 Å². The number of carbonyl (C=O) groups excluding carboxylic acids is 1. The third kappa shape index (κ3) is 3.54. The number of carbonyl (C=O) groups is 1. The average molecular weight is 285 g/mol. The highest BCUT2D eigenvalue weighted by Crippen LogP contribution is 2.32. The van der Waals surface area contributed by atoms with Crippen LogP contribution < -0.4 is 10.5 Å². The molecule has 0 saturated heterocycles. The quantitative estimate of drug-likeness (QED) is 0.670. The maximum absolute atomic E-state index is 12.0. The maximum Gasteiger partial charge on any atom is 0.342 e. The monoisotopic (exact) mass is 285 g/mol. The SMILES string of the molecule is CCOC(=O)c1cccc(N)c1Oc1ccc(CC)cc1. The molecule has 0 fully saturated rings. The lowest BCUT2D eigenvalue weighted by Crippen LogP contribution is -2.08. The summed E-state index contributed by atoms with van der Waals surface area (Å²) < 4.78 is 10.8. The van der Waals surface area contributed by atoms with E-state index >= 15 is 0 Å². The van der Waals surface area contributed by atoms with E-state index in [-0.39, 0.29) is 0 Å². The van der Waals surface area contributed by atoms with E-state index in [0.717, 1.165) is 6.42 Å². The van der Waals surface area contributed by atoms with E-state index in [1.807, 2.05) is 24.3 Å². The summed E-state index contributed by atoms with van der Waals surface area (Å²) in [5.74, 6) is 0.529. The number of benzene rings is 2. The molecule has 4 nitrogen and oxygen atoms in total. The van der Waals surface area contributed by atoms with Crippen molar-refractivity contribution in [3.05, 3.63) is 53.6 Å². The van der Waals surface area contributed by atoms with E-state index in [1.165, 1.54) is 5.56 Å². The van der Waals surface area contributed by atoms with Crippen LogP contribution in [0.1, 0.15) is 29.8 Å². The lowest BCUT2D eigenvalue weighted by Gasteiger charge is -2.13. The van der Waals surface area contributed by atoms with E-state index in [1.54, 1.807) is 25.1 Å². The number of anilines is 1. The second-order valence-electron chi connectivity index (χ2n) is 4.54. The van der Waals surface area contributed by atoms with Crippen LogP contribution in [0.25, 0.3) is 0 Å². The molecular weight excluding hydrogens is 266 g/mol. The van der Waals surface area contributed by atoms with Crippen LogP contribution in [-0.2, 0) is 11.2 Å². The molecule has 110 valence electrons. The number of para-hydroxylation sites is 1. The third-order valence-electron chi connectivity index (χ3n) is 3.09. The molecule has 0 aliphatic rings. The lowest BCUT2D eigenvalue weighted by atomic mass is 10.1. The van der Waals surface area contributed by atoms with Crippen molar-refractivity contribution in [3.8, 4) is 11.5 Å². The highest BCUT2D eigenvalue weighted by atomic mass is 16.5. The molecule has 0 heterocycles. The Labute approximate surface area is 124 Å². The first kappa shape index (κ1) is 14.9. The van der Waals surface area contributed by atoms with E-state index < -0.39 is 5.97 Å². The molecule has 4 heteroatoms. The minimum Gasteiger partial charge on any atom is -0.462 e. The van der Waals surface area contributed by atoms with E-state index in [0.29, 0.717) is 29.4 Å². The van der Waals surface area contributed by atoms with Gasteiger partial charge in [-0.05, 0) is 43.2 Å². The summed E-state index contributed by atoms with van der Waals surface area (Å²) in [6.45, 7) is 4.15. The number of rotatable bonds is 5. The molecule has 0 aliphatic heterocycles. The molecule has 0 spiro atoms. The molecule has 2 rings (SSSR count). The van der Waals surface area contributed by atoms with Crippen LogP contribution >= 0.6 is 0 Å². The number of hydrogen-bond donors (Lipinski definition) is 1. The van der Waals surface area contributed by atoms with E-state index in [9.17, 15) is 4.79 Å². The molecule has 2 aromatic rings. The molecule has 0 bridgehead atoms. The summed E-state index contributed by atoms with van der Waals surface area (Å²) in [6.07, 6.45) is 0.960. The zero-order chi connectivity index (χ0) is 15.2. The molecule has 0 saturated carbocycles. The molecule has 0 radical (unpaired) electrons. The number of aryl methyl sites for hydroxylation is 1. The Hall–Kier alpha value is -2.49. The topological polar surface area (TPSA) is 61.5 Å². The van der Waals surface area contributed by atoms with Gasteiger partial charge in [0.2, 0.25) is 0 Å². The second kappa shape index (κ2) is 6.79. The summed E-state index contributed by atoms with van der Waals surface area (Å²) in [5.41, 5.74) is 7.88. The molecule has 21 heavy (non-hydrogen) atoms. The van der Waals surface area contributed by atoms with Gasteiger partial charge in [0.05, 0.1) is 12.3 Å². The number of nitrogen functional groups attached to an aromatic ring is 1. The van der Waals surface area contributed by atoms with Gasteiger partial charge in [0.1, 0.15) is 11.3 Å².